The molecule has 0 bridgehead atoms. The monoisotopic (exact) mass is 211 g/mol. The van der Waals surface area contributed by atoms with E-state index in [1.54, 1.807) is 12.5 Å². The van der Waals surface area contributed by atoms with Gasteiger partial charge in [-0.1, -0.05) is 0 Å². The lowest BCUT2D eigenvalue weighted by atomic mass is 10.3. The minimum absolute atomic E-state index is 0.0804. The number of rotatable bonds is 6. The van der Waals surface area contributed by atoms with Crippen molar-refractivity contribution in [1.29, 1.82) is 0 Å². The van der Waals surface area contributed by atoms with E-state index in [2.05, 4.69) is 15.3 Å². The molecule has 2 N–H and O–H groups in total. The number of aromatic amines is 1. The van der Waals surface area contributed by atoms with Gasteiger partial charge in [0.05, 0.1) is 12.4 Å². The average molecular weight is 211 g/mol. The van der Waals surface area contributed by atoms with Crippen LogP contribution in [0.25, 0.3) is 0 Å². The summed E-state index contributed by atoms with van der Waals surface area (Å²) >= 11 is 0. The zero-order valence-corrected chi connectivity index (χ0v) is 9.12. The first-order valence-electron chi connectivity index (χ1n) is 5.04. The van der Waals surface area contributed by atoms with Crippen LogP contribution in [-0.2, 0) is 16.0 Å². The molecular formula is C10H17N3O2. The number of amides is 1. The summed E-state index contributed by atoms with van der Waals surface area (Å²) in [4.78, 5) is 18.1. The molecule has 0 aliphatic carbocycles. The van der Waals surface area contributed by atoms with Gasteiger partial charge in [-0.2, -0.15) is 0 Å². The Morgan fingerprint density at radius 1 is 1.67 bits per heavy atom. The molecule has 1 heterocycles. The number of H-pyrrole nitrogens is 1. The van der Waals surface area contributed by atoms with Crippen LogP contribution in [0.2, 0.25) is 0 Å². The summed E-state index contributed by atoms with van der Waals surface area (Å²) in [6, 6.07) is 0. The van der Waals surface area contributed by atoms with Crippen molar-refractivity contribution in [3.63, 3.8) is 0 Å². The van der Waals surface area contributed by atoms with Crippen LogP contribution in [0.15, 0.2) is 12.5 Å². The fourth-order valence-corrected chi connectivity index (χ4v) is 1.05. The van der Waals surface area contributed by atoms with Gasteiger partial charge in [0.15, 0.2) is 0 Å². The molecule has 0 unspecified atom stereocenters. The molecule has 15 heavy (non-hydrogen) atoms. The van der Waals surface area contributed by atoms with Gasteiger partial charge in [-0.05, 0) is 13.8 Å². The van der Waals surface area contributed by atoms with Crippen LogP contribution >= 0.6 is 0 Å². The minimum Gasteiger partial charge on any atom is -0.369 e. The van der Waals surface area contributed by atoms with Gasteiger partial charge in [0.1, 0.15) is 6.61 Å². The van der Waals surface area contributed by atoms with Crippen LogP contribution < -0.4 is 5.32 Å². The van der Waals surface area contributed by atoms with Crippen LogP contribution in [0.1, 0.15) is 19.5 Å². The lowest BCUT2D eigenvalue weighted by Crippen LogP contribution is -2.30. The molecule has 84 valence electrons. The molecule has 1 amide bonds. The number of carbonyl (C=O) groups excluding carboxylic acids is 1. The summed E-state index contributed by atoms with van der Waals surface area (Å²) in [6.07, 6.45) is 4.21. The summed E-state index contributed by atoms with van der Waals surface area (Å²) in [5.41, 5.74) is 1.01. The molecule has 1 rings (SSSR count). The fourth-order valence-electron chi connectivity index (χ4n) is 1.05. The summed E-state index contributed by atoms with van der Waals surface area (Å²) in [5.74, 6) is -0.0804. The predicted molar refractivity (Wildman–Crippen MR) is 56.4 cm³/mol. The van der Waals surface area contributed by atoms with Gasteiger partial charge >= 0.3 is 0 Å². The van der Waals surface area contributed by atoms with Gasteiger partial charge in [0, 0.05) is 24.9 Å². The molecule has 0 atom stereocenters. The van der Waals surface area contributed by atoms with Gasteiger partial charge in [0.25, 0.3) is 0 Å². The molecule has 1 aromatic heterocycles. The summed E-state index contributed by atoms with van der Waals surface area (Å²) < 4.78 is 5.16. The van der Waals surface area contributed by atoms with E-state index in [1.165, 1.54) is 0 Å². The van der Waals surface area contributed by atoms with E-state index in [4.69, 9.17) is 4.74 Å². The normalized spacial score (nSPS) is 10.6. The van der Waals surface area contributed by atoms with Crippen LogP contribution in [0.3, 0.4) is 0 Å². The predicted octanol–water partition coefficient (Wildman–Crippen LogP) is 0.493. The highest BCUT2D eigenvalue weighted by Crippen LogP contribution is 1.91. The molecule has 0 aliphatic rings. The van der Waals surface area contributed by atoms with Crippen molar-refractivity contribution in [2.45, 2.75) is 26.4 Å². The first kappa shape index (κ1) is 11.7. The molecule has 0 saturated carbocycles. The maximum atomic E-state index is 11.2. The summed E-state index contributed by atoms with van der Waals surface area (Å²) in [7, 11) is 0. The standard InChI is InChI=1S/C10H17N3O2/c1-8(2)15-6-10(14)12-4-3-9-5-11-7-13-9/h5,7-8H,3-4,6H2,1-2H3,(H,11,13)(H,12,14). The van der Waals surface area contributed by atoms with Crippen molar-refractivity contribution in [1.82, 2.24) is 15.3 Å². The van der Waals surface area contributed by atoms with E-state index in [0.29, 0.717) is 6.54 Å². The second-order valence-corrected chi connectivity index (χ2v) is 3.54. The number of aromatic nitrogens is 2. The lowest BCUT2D eigenvalue weighted by Gasteiger charge is -2.07. The van der Waals surface area contributed by atoms with E-state index in [9.17, 15) is 4.79 Å². The highest BCUT2D eigenvalue weighted by atomic mass is 16.5. The lowest BCUT2D eigenvalue weighted by molar-refractivity contribution is -0.127. The minimum atomic E-state index is -0.0804. The molecule has 5 heteroatoms. The van der Waals surface area contributed by atoms with Crippen molar-refractivity contribution >= 4 is 5.91 Å². The van der Waals surface area contributed by atoms with E-state index in [-0.39, 0.29) is 18.6 Å². The highest BCUT2D eigenvalue weighted by Gasteiger charge is 2.02. The Hall–Kier alpha value is -1.36. The highest BCUT2D eigenvalue weighted by molar-refractivity contribution is 5.77. The molecular weight excluding hydrogens is 194 g/mol. The second-order valence-electron chi connectivity index (χ2n) is 3.54. The number of imidazole rings is 1. The van der Waals surface area contributed by atoms with Crippen molar-refractivity contribution < 1.29 is 9.53 Å². The smallest absolute Gasteiger partial charge is 0.246 e. The van der Waals surface area contributed by atoms with E-state index in [0.717, 1.165) is 12.1 Å². The first-order valence-corrected chi connectivity index (χ1v) is 5.04. The Morgan fingerprint density at radius 3 is 3.07 bits per heavy atom. The Kier molecular flexibility index (Phi) is 4.83. The van der Waals surface area contributed by atoms with Crippen molar-refractivity contribution in [2.24, 2.45) is 0 Å². The SMILES string of the molecule is CC(C)OCC(=O)NCCc1cnc[nH]1. The van der Waals surface area contributed by atoms with Gasteiger partial charge in [-0.3, -0.25) is 4.79 Å². The fraction of sp³-hybridized carbons (Fsp3) is 0.600. The average Bonchev–Trinajstić information content (AvgIpc) is 2.67. The molecule has 0 spiro atoms. The maximum Gasteiger partial charge on any atom is 0.246 e. The van der Waals surface area contributed by atoms with E-state index in [1.807, 2.05) is 13.8 Å². The number of nitrogens with one attached hydrogen (secondary N) is 2. The number of nitrogens with zero attached hydrogens (tertiary/aromatic N) is 1. The Labute approximate surface area is 89.2 Å². The Morgan fingerprint density at radius 2 is 2.47 bits per heavy atom. The number of hydrogen-bond acceptors (Lipinski definition) is 3. The Bertz CT molecular complexity index is 283. The number of carbonyl (C=O) groups is 1. The third-order valence-electron chi connectivity index (χ3n) is 1.82. The van der Waals surface area contributed by atoms with Gasteiger partial charge in [-0.15, -0.1) is 0 Å². The number of ether oxygens (including phenoxy) is 1. The maximum absolute atomic E-state index is 11.2. The van der Waals surface area contributed by atoms with Gasteiger partial charge in [-0.25, -0.2) is 4.98 Å². The third kappa shape index (κ3) is 5.17. The third-order valence-corrected chi connectivity index (χ3v) is 1.82. The first-order chi connectivity index (χ1) is 7.18. The largest absolute Gasteiger partial charge is 0.369 e. The zero-order valence-electron chi connectivity index (χ0n) is 9.12. The second kappa shape index (κ2) is 6.19. The van der Waals surface area contributed by atoms with Crippen molar-refractivity contribution in [3.05, 3.63) is 18.2 Å². The number of hydrogen-bond donors (Lipinski definition) is 2. The van der Waals surface area contributed by atoms with Gasteiger partial charge in [0.2, 0.25) is 5.91 Å². The van der Waals surface area contributed by atoms with Gasteiger partial charge < -0.3 is 15.0 Å². The summed E-state index contributed by atoms with van der Waals surface area (Å²) in [6.45, 7) is 4.53. The van der Waals surface area contributed by atoms with E-state index < -0.39 is 0 Å². The quantitative estimate of drug-likeness (QED) is 0.719. The van der Waals surface area contributed by atoms with E-state index >= 15 is 0 Å². The van der Waals surface area contributed by atoms with Crippen LogP contribution in [0.5, 0.6) is 0 Å². The van der Waals surface area contributed by atoms with Crippen LogP contribution in [-0.4, -0.2) is 35.1 Å². The molecule has 0 aromatic carbocycles. The van der Waals surface area contributed by atoms with Crippen molar-refractivity contribution in [2.75, 3.05) is 13.2 Å². The molecule has 0 fully saturated rings. The summed E-state index contributed by atoms with van der Waals surface area (Å²) in [5, 5.41) is 2.76. The molecule has 5 nitrogen and oxygen atoms in total. The zero-order chi connectivity index (χ0) is 11.1. The molecule has 0 radical (unpaired) electrons. The topological polar surface area (TPSA) is 67.0 Å². The Balaban J connectivity index is 2.07. The molecule has 0 aliphatic heterocycles. The molecule has 0 saturated heterocycles. The van der Waals surface area contributed by atoms with Crippen LogP contribution in [0, 0.1) is 0 Å². The van der Waals surface area contributed by atoms with Crippen LogP contribution in [0.4, 0.5) is 0 Å². The van der Waals surface area contributed by atoms with Crippen molar-refractivity contribution in [3.8, 4) is 0 Å². The molecule has 1 aromatic rings.